The van der Waals surface area contributed by atoms with Crippen LogP contribution in [0, 0.1) is 17.2 Å². The monoisotopic (exact) mass is 310 g/mol. The van der Waals surface area contributed by atoms with Crippen molar-refractivity contribution in [3.8, 4) is 11.8 Å². The van der Waals surface area contributed by atoms with Gasteiger partial charge in [0, 0.05) is 11.1 Å². The highest BCUT2D eigenvalue weighted by Gasteiger charge is 2.23. The Hall–Kier alpha value is -2.12. The third-order valence-electron chi connectivity index (χ3n) is 4.05. The summed E-state index contributed by atoms with van der Waals surface area (Å²) in [6, 6.07) is 10.1. The number of rotatable bonds is 3. The molecule has 0 amide bonds. The minimum atomic E-state index is 0.705. The molecule has 0 radical (unpaired) electrons. The summed E-state index contributed by atoms with van der Waals surface area (Å²) < 4.78 is 5.15. The van der Waals surface area contributed by atoms with Crippen LogP contribution in [0.2, 0.25) is 0 Å². The summed E-state index contributed by atoms with van der Waals surface area (Å²) in [4.78, 5) is 5.91. The number of fused-ring (bicyclic) bond motifs is 1. The van der Waals surface area contributed by atoms with E-state index in [1.54, 1.807) is 18.4 Å². The van der Waals surface area contributed by atoms with E-state index in [1.807, 2.05) is 30.5 Å². The van der Waals surface area contributed by atoms with E-state index in [0.29, 0.717) is 5.92 Å². The molecule has 1 aromatic carbocycles. The Kier molecular flexibility index (Phi) is 4.26. The standard InChI is InChI=1S/C18H18N2OS/c1-12-3-8-15-16(10-19)18(22-17(15)9-12)20-11-13-4-6-14(21-2)7-5-13/h4-7,11-12H,3,8-9H2,1-2H3/b20-11+. The molecule has 0 saturated carbocycles. The van der Waals surface area contributed by atoms with E-state index < -0.39 is 0 Å². The highest BCUT2D eigenvalue weighted by Crippen LogP contribution is 2.40. The second kappa shape index (κ2) is 6.33. The lowest BCUT2D eigenvalue weighted by Crippen LogP contribution is -2.09. The van der Waals surface area contributed by atoms with Crippen LogP contribution in [-0.2, 0) is 12.8 Å². The van der Waals surface area contributed by atoms with Gasteiger partial charge in [0.2, 0.25) is 0 Å². The van der Waals surface area contributed by atoms with Crippen LogP contribution < -0.4 is 4.74 Å². The fraction of sp³-hybridized carbons (Fsp3) is 0.333. The Bertz CT molecular complexity index is 738. The van der Waals surface area contributed by atoms with Crippen molar-refractivity contribution in [2.24, 2.45) is 10.9 Å². The zero-order chi connectivity index (χ0) is 15.5. The molecule has 1 heterocycles. The van der Waals surface area contributed by atoms with Crippen molar-refractivity contribution >= 4 is 22.6 Å². The SMILES string of the molecule is COc1ccc(/C=N/c2sc3c(c2C#N)CCC(C)C3)cc1. The predicted octanol–water partition coefficient (Wildman–Crippen LogP) is 4.50. The summed E-state index contributed by atoms with van der Waals surface area (Å²) in [5.74, 6) is 1.53. The number of methoxy groups -OCH3 is 1. The highest BCUT2D eigenvalue weighted by atomic mass is 32.1. The van der Waals surface area contributed by atoms with Crippen LogP contribution in [0.4, 0.5) is 5.00 Å². The molecular weight excluding hydrogens is 292 g/mol. The maximum atomic E-state index is 9.46. The van der Waals surface area contributed by atoms with Gasteiger partial charge >= 0.3 is 0 Å². The van der Waals surface area contributed by atoms with Crippen molar-refractivity contribution < 1.29 is 4.74 Å². The lowest BCUT2D eigenvalue weighted by molar-refractivity contribution is 0.415. The number of aliphatic imine (C=N–C) groups is 1. The van der Waals surface area contributed by atoms with Gasteiger partial charge in [0.05, 0.1) is 12.7 Å². The molecule has 1 aliphatic carbocycles. The third-order valence-corrected chi connectivity index (χ3v) is 5.21. The summed E-state index contributed by atoms with van der Waals surface area (Å²) >= 11 is 1.67. The summed E-state index contributed by atoms with van der Waals surface area (Å²) in [6.07, 6.45) is 5.07. The van der Waals surface area contributed by atoms with Crippen LogP contribution in [0.1, 0.15) is 34.9 Å². The molecule has 0 fully saturated rings. The van der Waals surface area contributed by atoms with Crippen LogP contribution >= 0.6 is 11.3 Å². The molecule has 1 aromatic heterocycles. The molecule has 0 spiro atoms. The van der Waals surface area contributed by atoms with Crippen molar-refractivity contribution in [1.82, 2.24) is 0 Å². The van der Waals surface area contributed by atoms with Gasteiger partial charge in [0.1, 0.15) is 16.8 Å². The molecule has 0 saturated heterocycles. The Morgan fingerprint density at radius 3 is 2.82 bits per heavy atom. The van der Waals surface area contributed by atoms with Crippen molar-refractivity contribution in [3.63, 3.8) is 0 Å². The second-order valence-corrected chi connectivity index (χ2v) is 6.76. The lowest BCUT2D eigenvalue weighted by Gasteiger charge is -2.17. The van der Waals surface area contributed by atoms with Crippen molar-refractivity contribution in [2.75, 3.05) is 7.11 Å². The first-order chi connectivity index (χ1) is 10.7. The van der Waals surface area contributed by atoms with Crippen LogP contribution in [0.3, 0.4) is 0 Å². The molecule has 112 valence electrons. The van der Waals surface area contributed by atoms with E-state index in [9.17, 15) is 5.26 Å². The van der Waals surface area contributed by atoms with Crippen LogP contribution in [0.5, 0.6) is 5.75 Å². The molecule has 0 aliphatic heterocycles. The molecule has 1 atom stereocenters. The van der Waals surface area contributed by atoms with Gasteiger partial charge in [-0.1, -0.05) is 6.92 Å². The van der Waals surface area contributed by atoms with E-state index in [0.717, 1.165) is 34.7 Å². The van der Waals surface area contributed by atoms with Gasteiger partial charge in [-0.3, -0.25) is 0 Å². The number of nitrogens with zero attached hydrogens (tertiary/aromatic N) is 2. The molecule has 3 nitrogen and oxygen atoms in total. The van der Waals surface area contributed by atoms with Gasteiger partial charge < -0.3 is 4.74 Å². The van der Waals surface area contributed by atoms with Gasteiger partial charge in [-0.15, -0.1) is 11.3 Å². The largest absolute Gasteiger partial charge is 0.497 e. The highest BCUT2D eigenvalue weighted by molar-refractivity contribution is 7.16. The van der Waals surface area contributed by atoms with Crippen molar-refractivity contribution in [3.05, 3.63) is 45.8 Å². The van der Waals surface area contributed by atoms with Gasteiger partial charge in [0.15, 0.2) is 0 Å². The van der Waals surface area contributed by atoms with E-state index in [4.69, 9.17) is 4.74 Å². The van der Waals surface area contributed by atoms with E-state index in [2.05, 4.69) is 18.0 Å². The van der Waals surface area contributed by atoms with E-state index in [1.165, 1.54) is 16.9 Å². The summed E-state index contributed by atoms with van der Waals surface area (Å²) in [7, 11) is 1.65. The number of benzene rings is 1. The fourth-order valence-corrected chi connectivity index (χ4v) is 4.07. The van der Waals surface area contributed by atoms with Crippen LogP contribution in [-0.4, -0.2) is 13.3 Å². The quantitative estimate of drug-likeness (QED) is 0.783. The number of ether oxygens (including phenoxy) is 1. The van der Waals surface area contributed by atoms with E-state index >= 15 is 0 Å². The Morgan fingerprint density at radius 1 is 1.36 bits per heavy atom. The normalized spacial score (nSPS) is 17.2. The maximum Gasteiger partial charge on any atom is 0.134 e. The first-order valence-electron chi connectivity index (χ1n) is 7.44. The minimum Gasteiger partial charge on any atom is -0.497 e. The second-order valence-electron chi connectivity index (χ2n) is 5.68. The predicted molar refractivity (Wildman–Crippen MR) is 90.5 cm³/mol. The molecule has 1 unspecified atom stereocenters. The number of nitriles is 1. The molecule has 0 bridgehead atoms. The fourth-order valence-electron chi connectivity index (χ4n) is 2.77. The molecule has 1 aliphatic rings. The number of thiophene rings is 1. The number of hydrogen-bond acceptors (Lipinski definition) is 4. The summed E-state index contributed by atoms with van der Waals surface area (Å²) in [5.41, 5.74) is 3.01. The van der Waals surface area contributed by atoms with Gasteiger partial charge in [-0.2, -0.15) is 5.26 Å². The van der Waals surface area contributed by atoms with Crippen LogP contribution in [0.15, 0.2) is 29.3 Å². The summed E-state index contributed by atoms with van der Waals surface area (Å²) in [5, 5.41) is 10.3. The van der Waals surface area contributed by atoms with Crippen molar-refractivity contribution in [2.45, 2.75) is 26.2 Å². The smallest absolute Gasteiger partial charge is 0.134 e. The Labute approximate surface area is 134 Å². The molecule has 3 rings (SSSR count). The topological polar surface area (TPSA) is 45.4 Å². The zero-order valence-electron chi connectivity index (χ0n) is 12.8. The maximum absolute atomic E-state index is 9.46. The summed E-state index contributed by atoms with van der Waals surface area (Å²) in [6.45, 7) is 2.27. The van der Waals surface area contributed by atoms with Crippen molar-refractivity contribution in [1.29, 1.82) is 5.26 Å². The molecule has 0 N–H and O–H groups in total. The van der Waals surface area contributed by atoms with Gasteiger partial charge in [0.25, 0.3) is 0 Å². The van der Waals surface area contributed by atoms with E-state index in [-0.39, 0.29) is 0 Å². The number of hydrogen-bond donors (Lipinski definition) is 0. The van der Waals surface area contributed by atoms with Crippen LogP contribution in [0.25, 0.3) is 0 Å². The van der Waals surface area contributed by atoms with Gasteiger partial charge in [-0.05, 0) is 60.6 Å². The zero-order valence-corrected chi connectivity index (χ0v) is 13.6. The average molecular weight is 310 g/mol. The lowest BCUT2D eigenvalue weighted by atomic mass is 9.89. The third kappa shape index (κ3) is 2.90. The molecule has 22 heavy (non-hydrogen) atoms. The minimum absolute atomic E-state index is 0.705. The molecule has 4 heteroatoms. The first kappa shape index (κ1) is 14.8. The average Bonchev–Trinajstić information content (AvgIpc) is 2.89. The molecular formula is C18H18N2OS. The first-order valence-corrected chi connectivity index (χ1v) is 8.25. The Balaban J connectivity index is 1.88. The molecule has 2 aromatic rings. The Morgan fingerprint density at radius 2 is 2.14 bits per heavy atom. The van der Waals surface area contributed by atoms with Gasteiger partial charge in [-0.25, -0.2) is 4.99 Å².